The van der Waals surface area contributed by atoms with Gasteiger partial charge in [-0.3, -0.25) is 0 Å². The van der Waals surface area contributed by atoms with Crippen LogP contribution in [0.1, 0.15) is 55.4 Å². The van der Waals surface area contributed by atoms with Crippen molar-refractivity contribution in [3.8, 4) is 5.75 Å². The summed E-state index contributed by atoms with van der Waals surface area (Å²) < 4.78 is 5.91. The Bertz CT molecular complexity index is 759. The van der Waals surface area contributed by atoms with Gasteiger partial charge in [0.15, 0.2) is 0 Å². The van der Waals surface area contributed by atoms with Gasteiger partial charge in [0.25, 0.3) is 0 Å². The summed E-state index contributed by atoms with van der Waals surface area (Å²) in [7, 11) is 0. The molecule has 27 heavy (non-hydrogen) atoms. The zero-order valence-electron chi connectivity index (χ0n) is 16.4. The molecule has 0 aliphatic rings. The molecular formula is C23H30O4. The lowest BCUT2D eigenvalue weighted by atomic mass is 9.96. The lowest BCUT2D eigenvalue weighted by Crippen LogP contribution is -2.13. The van der Waals surface area contributed by atoms with E-state index in [2.05, 4.69) is 13.0 Å². The topological polar surface area (TPSA) is 69.9 Å². The van der Waals surface area contributed by atoms with Crippen LogP contribution in [0.3, 0.4) is 0 Å². The quantitative estimate of drug-likeness (QED) is 0.582. The van der Waals surface area contributed by atoms with Gasteiger partial charge >= 0.3 is 0 Å². The van der Waals surface area contributed by atoms with Crippen LogP contribution in [0.2, 0.25) is 0 Å². The van der Waals surface area contributed by atoms with Crippen molar-refractivity contribution < 1.29 is 20.1 Å². The smallest absolute Gasteiger partial charge is 0.120 e. The van der Waals surface area contributed by atoms with E-state index < -0.39 is 5.60 Å². The Labute approximate surface area is 161 Å². The maximum Gasteiger partial charge on any atom is 0.120 e. The van der Waals surface area contributed by atoms with Crippen LogP contribution < -0.4 is 4.74 Å². The van der Waals surface area contributed by atoms with Gasteiger partial charge in [-0.2, -0.15) is 0 Å². The van der Waals surface area contributed by atoms with E-state index in [1.54, 1.807) is 13.8 Å². The van der Waals surface area contributed by atoms with Gasteiger partial charge in [0.2, 0.25) is 0 Å². The predicted octanol–water partition coefficient (Wildman–Crippen LogP) is 4.07. The molecule has 0 saturated heterocycles. The van der Waals surface area contributed by atoms with Crippen LogP contribution in [0.15, 0.2) is 54.6 Å². The molecule has 0 aliphatic heterocycles. The molecule has 146 valence electrons. The molecule has 0 aliphatic carbocycles. The second-order valence-corrected chi connectivity index (χ2v) is 7.47. The van der Waals surface area contributed by atoms with Gasteiger partial charge in [-0.1, -0.05) is 43.3 Å². The van der Waals surface area contributed by atoms with E-state index in [4.69, 9.17) is 4.74 Å². The van der Waals surface area contributed by atoms with Crippen molar-refractivity contribution in [1.82, 2.24) is 0 Å². The average molecular weight is 370 g/mol. The minimum atomic E-state index is -0.788. The van der Waals surface area contributed by atoms with Gasteiger partial charge in [-0.25, -0.2) is 0 Å². The van der Waals surface area contributed by atoms with Crippen LogP contribution in [0.5, 0.6) is 5.75 Å². The van der Waals surface area contributed by atoms with E-state index in [1.165, 1.54) is 5.56 Å². The minimum Gasteiger partial charge on any atom is -0.489 e. The highest BCUT2D eigenvalue weighted by molar-refractivity contribution is 5.33. The number of benzene rings is 2. The Kier molecular flexibility index (Phi) is 7.60. The standard InChI is InChI=1S/C23H30O4/c1-17(6-5-11-23(2,3)26)19-7-4-8-22(13-19)27-16-18-9-10-20(14-24)21(12-18)15-25/h4-5,7-13,17,24-26H,6,14-16H2,1-3H3. The summed E-state index contributed by atoms with van der Waals surface area (Å²) in [5.41, 5.74) is 2.79. The van der Waals surface area contributed by atoms with E-state index in [0.29, 0.717) is 12.5 Å². The SMILES string of the molecule is CC(CC=CC(C)(C)O)c1cccc(OCc2ccc(CO)c(CO)c2)c1. The van der Waals surface area contributed by atoms with E-state index in [-0.39, 0.29) is 13.2 Å². The van der Waals surface area contributed by atoms with Gasteiger partial charge < -0.3 is 20.1 Å². The Morgan fingerprint density at radius 1 is 1.04 bits per heavy atom. The molecule has 0 fully saturated rings. The summed E-state index contributed by atoms with van der Waals surface area (Å²) in [5.74, 6) is 1.11. The number of aliphatic hydroxyl groups is 3. The van der Waals surface area contributed by atoms with Crippen molar-refractivity contribution >= 4 is 0 Å². The molecule has 0 amide bonds. The normalized spacial score (nSPS) is 13.1. The molecule has 1 unspecified atom stereocenters. The van der Waals surface area contributed by atoms with E-state index >= 15 is 0 Å². The Morgan fingerprint density at radius 3 is 2.44 bits per heavy atom. The number of allylic oxidation sites excluding steroid dienone is 1. The van der Waals surface area contributed by atoms with Crippen LogP contribution in [-0.2, 0) is 19.8 Å². The van der Waals surface area contributed by atoms with Crippen molar-refractivity contribution in [2.75, 3.05) is 0 Å². The summed E-state index contributed by atoms with van der Waals surface area (Å²) >= 11 is 0. The summed E-state index contributed by atoms with van der Waals surface area (Å²) in [6.45, 7) is 5.88. The predicted molar refractivity (Wildman–Crippen MR) is 108 cm³/mol. The first-order chi connectivity index (χ1) is 12.8. The molecule has 0 radical (unpaired) electrons. The van der Waals surface area contributed by atoms with Crippen molar-refractivity contribution in [1.29, 1.82) is 0 Å². The van der Waals surface area contributed by atoms with Gasteiger partial charge in [-0.15, -0.1) is 0 Å². The first kappa shape index (κ1) is 21.2. The van der Waals surface area contributed by atoms with Crippen molar-refractivity contribution in [3.63, 3.8) is 0 Å². The number of rotatable bonds is 9. The number of ether oxygens (including phenoxy) is 1. The summed E-state index contributed by atoms with van der Waals surface area (Å²) in [6, 6.07) is 13.6. The first-order valence-corrected chi connectivity index (χ1v) is 9.27. The fourth-order valence-electron chi connectivity index (χ4n) is 2.84. The molecular weight excluding hydrogens is 340 g/mol. The number of aliphatic hydroxyl groups excluding tert-OH is 2. The fourth-order valence-corrected chi connectivity index (χ4v) is 2.84. The zero-order valence-corrected chi connectivity index (χ0v) is 16.4. The molecule has 0 spiro atoms. The zero-order chi connectivity index (χ0) is 19.9. The molecule has 2 rings (SSSR count). The molecule has 0 bridgehead atoms. The van der Waals surface area contributed by atoms with Gasteiger partial charge in [0.05, 0.1) is 18.8 Å². The molecule has 0 heterocycles. The Balaban J connectivity index is 2.00. The second kappa shape index (κ2) is 9.70. The van der Waals surface area contributed by atoms with Crippen molar-refractivity contribution in [2.24, 2.45) is 0 Å². The lowest BCUT2D eigenvalue weighted by Gasteiger charge is -2.14. The molecule has 2 aromatic rings. The largest absolute Gasteiger partial charge is 0.489 e. The molecule has 1 atom stereocenters. The average Bonchev–Trinajstić information content (AvgIpc) is 2.65. The summed E-state index contributed by atoms with van der Waals surface area (Å²) in [5, 5.41) is 28.4. The van der Waals surface area contributed by atoms with Crippen LogP contribution in [0.25, 0.3) is 0 Å². The molecule has 3 N–H and O–H groups in total. The summed E-state index contributed by atoms with van der Waals surface area (Å²) in [6.07, 6.45) is 4.67. The third kappa shape index (κ3) is 6.83. The molecule has 4 heteroatoms. The Hall–Kier alpha value is -2.14. The Morgan fingerprint density at radius 2 is 1.78 bits per heavy atom. The molecule has 0 aromatic heterocycles. The van der Waals surface area contributed by atoms with Crippen LogP contribution in [-0.4, -0.2) is 20.9 Å². The van der Waals surface area contributed by atoms with E-state index in [9.17, 15) is 15.3 Å². The molecule has 2 aromatic carbocycles. The van der Waals surface area contributed by atoms with E-state index in [0.717, 1.165) is 28.9 Å². The third-order valence-corrected chi connectivity index (χ3v) is 4.46. The fraction of sp³-hybridized carbons (Fsp3) is 0.391. The number of hydrogen-bond acceptors (Lipinski definition) is 4. The second-order valence-electron chi connectivity index (χ2n) is 7.47. The van der Waals surface area contributed by atoms with E-state index in [1.807, 2.05) is 48.6 Å². The third-order valence-electron chi connectivity index (χ3n) is 4.46. The molecule has 4 nitrogen and oxygen atoms in total. The highest BCUT2D eigenvalue weighted by Crippen LogP contribution is 2.25. The van der Waals surface area contributed by atoms with Crippen molar-refractivity contribution in [2.45, 2.75) is 58.5 Å². The lowest BCUT2D eigenvalue weighted by molar-refractivity contribution is 0.133. The highest BCUT2D eigenvalue weighted by Gasteiger charge is 2.09. The van der Waals surface area contributed by atoms with Crippen molar-refractivity contribution in [3.05, 3.63) is 76.9 Å². The molecule has 0 saturated carbocycles. The van der Waals surface area contributed by atoms with Crippen LogP contribution in [0.4, 0.5) is 0 Å². The maximum absolute atomic E-state index is 9.76. The van der Waals surface area contributed by atoms with Gasteiger partial charge in [0.1, 0.15) is 12.4 Å². The number of hydrogen-bond donors (Lipinski definition) is 3. The minimum absolute atomic E-state index is 0.0845. The van der Waals surface area contributed by atoms with Crippen LogP contribution in [0, 0.1) is 0 Å². The van der Waals surface area contributed by atoms with Gasteiger partial charge in [0, 0.05) is 0 Å². The first-order valence-electron chi connectivity index (χ1n) is 9.27. The maximum atomic E-state index is 9.76. The van der Waals surface area contributed by atoms with Gasteiger partial charge in [-0.05, 0) is 66.6 Å². The summed E-state index contributed by atoms with van der Waals surface area (Å²) in [4.78, 5) is 0. The highest BCUT2D eigenvalue weighted by atomic mass is 16.5. The monoisotopic (exact) mass is 370 g/mol. The van der Waals surface area contributed by atoms with Crippen LogP contribution >= 0.6 is 0 Å².